The van der Waals surface area contributed by atoms with Crippen LogP contribution in [-0.4, -0.2) is 15.5 Å². The van der Waals surface area contributed by atoms with Crippen molar-refractivity contribution in [2.45, 2.75) is 6.04 Å². The number of rotatable bonds is 4. The van der Waals surface area contributed by atoms with E-state index in [1.54, 1.807) is 11.3 Å². The number of carbonyl (C=O) groups excluding carboxylic acids is 1. The normalized spacial score (nSPS) is 12.0. The van der Waals surface area contributed by atoms with E-state index in [2.05, 4.69) is 14.9 Å². The fourth-order valence-corrected chi connectivity index (χ4v) is 3.25. The van der Waals surface area contributed by atoms with Gasteiger partial charge in [0.25, 0.3) is 5.91 Å². The molecule has 106 valence electrons. The van der Waals surface area contributed by atoms with Crippen molar-refractivity contribution < 1.29 is 4.79 Å². The maximum absolute atomic E-state index is 12.2. The Bertz CT molecular complexity index is 711. The number of amides is 1. The average Bonchev–Trinajstić information content (AvgIpc) is 3.19. The van der Waals surface area contributed by atoms with Crippen molar-refractivity contribution in [3.8, 4) is 0 Å². The summed E-state index contributed by atoms with van der Waals surface area (Å²) < 4.78 is 3.71. The number of aromatic nitrogens is 2. The highest BCUT2D eigenvalue weighted by molar-refractivity contribution is 7.10. The molecule has 1 N–H and O–H groups in total. The maximum atomic E-state index is 12.2. The minimum Gasteiger partial charge on any atom is -0.340 e. The Balaban J connectivity index is 1.90. The Labute approximate surface area is 134 Å². The fraction of sp³-hybridized carbons (Fsp3) is 0.0714. The number of benzene rings is 1. The molecular weight excluding hydrogens is 326 g/mol. The number of nitrogens with one attached hydrogen (secondary N) is 1. The van der Waals surface area contributed by atoms with Crippen molar-refractivity contribution >= 4 is 40.4 Å². The van der Waals surface area contributed by atoms with Gasteiger partial charge in [-0.3, -0.25) is 4.79 Å². The minimum absolute atomic E-state index is 0.182. The molecule has 1 atom stereocenters. The monoisotopic (exact) mass is 335 g/mol. The molecule has 0 radical (unpaired) electrons. The number of thiophene rings is 1. The summed E-state index contributed by atoms with van der Waals surface area (Å²) in [7, 11) is 0. The first-order chi connectivity index (χ1) is 10.2. The summed E-state index contributed by atoms with van der Waals surface area (Å²) in [6.07, 6.45) is 1.47. The molecule has 0 saturated heterocycles. The maximum Gasteiger partial charge on any atom is 0.265 e. The number of hydrogen-bond donors (Lipinski definition) is 1. The van der Waals surface area contributed by atoms with E-state index < -0.39 is 0 Å². The molecule has 0 spiro atoms. The van der Waals surface area contributed by atoms with Crippen molar-refractivity contribution in [2.75, 3.05) is 0 Å². The van der Waals surface area contributed by atoms with Crippen LogP contribution in [0.2, 0.25) is 5.02 Å². The molecule has 0 bridgehead atoms. The summed E-state index contributed by atoms with van der Waals surface area (Å²) >= 11 is 8.60. The second-order valence-electron chi connectivity index (χ2n) is 4.26. The Morgan fingerprint density at radius 1 is 1.24 bits per heavy atom. The molecule has 7 heteroatoms. The molecule has 0 aliphatic carbocycles. The standard InChI is InChI=1S/C14H10ClN3OS2/c15-10-5-3-9(4-6-10)13(11-2-1-7-20-11)17-14(19)12-8-16-18-21-12/h1-8,13H,(H,17,19). The molecule has 1 aromatic carbocycles. The Morgan fingerprint density at radius 3 is 2.67 bits per heavy atom. The van der Waals surface area contributed by atoms with Gasteiger partial charge in [-0.2, -0.15) is 0 Å². The second kappa shape index (κ2) is 6.34. The molecule has 1 amide bonds. The third-order valence-corrected chi connectivity index (χ3v) is 4.74. The quantitative estimate of drug-likeness (QED) is 0.789. The molecule has 3 aromatic rings. The molecule has 0 aliphatic rings. The van der Waals surface area contributed by atoms with Crippen LogP contribution in [0.4, 0.5) is 0 Å². The van der Waals surface area contributed by atoms with Gasteiger partial charge >= 0.3 is 0 Å². The van der Waals surface area contributed by atoms with E-state index in [1.165, 1.54) is 6.20 Å². The van der Waals surface area contributed by atoms with E-state index in [0.717, 1.165) is 22.0 Å². The molecule has 21 heavy (non-hydrogen) atoms. The van der Waals surface area contributed by atoms with Crippen LogP contribution in [0, 0.1) is 0 Å². The van der Waals surface area contributed by atoms with E-state index in [4.69, 9.17) is 11.6 Å². The van der Waals surface area contributed by atoms with Crippen LogP contribution in [0.3, 0.4) is 0 Å². The smallest absolute Gasteiger partial charge is 0.265 e. The Hall–Kier alpha value is -1.76. The van der Waals surface area contributed by atoms with Gasteiger partial charge in [0, 0.05) is 9.90 Å². The average molecular weight is 336 g/mol. The van der Waals surface area contributed by atoms with Gasteiger partial charge in [-0.15, -0.1) is 16.4 Å². The lowest BCUT2D eigenvalue weighted by atomic mass is 10.1. The van der Waals surface area contributed by atoms with E-state index in [-0.39, 0.29) is 11.9 Å². The van der Waals surface area contributed by atoms with E-state index in [1.807, 2.05) is 41.8 Å². The van der Waals surface area contributed by atoms with Crippen molar-refractivity contribution in [1.29, 1.82) is 0 Å². The molecule has 0 aliphatic heterocycles. The zero-order chi connectivity index (χ0) is 14.7. The van der Waals surface area contributed by atoms with Crippen molar-refractivity contribution in [3.63, 3.8) is 0 Å². The van der Waals surface area contributed by atoms with Crippen LogP contribution in [0.1, 0.15) is 26.2 Å². The number of halogens is 1. The van der Waals surface area contributed by atoms with Crippen molar-refractivity contribution in [1.82, 2.24) is 14.9 Å². The van der Waals surface area contributed by atoms with Gasteiger partial charge in [0.1, 0.15) is 4.88 Å². The predicted octanol–water partition coefficient (Wildman–Crippen LogP) is 3.77. The lowest BCUT2D eigenvalue weighted by molar-refractivity contribution is 0.0947. The number of hydrogen-bond acceptors (Lipinski definition) is 5. The summed E-state index contributed by atoms with van der Waals surface area (Å²) in [5.41, 5.74) is 0.979. The predicted molar refractivity (Wildman–Crippen MR) is 85.0 cm³/mol. The highest BCUT2D eigenvalue weighted by atomic mass is 35.5. The molecular formula is C14H10ClN3OS2. The van der Waals surface area contributed by atoms with Gasteiger partial charge in [-0.1, -0.05) is 34.3 Å². The summed E-state index contributed by atoms with van der Waals surface area (Å²) in [4.78, 5) is 13.8. The SMILES string of the molecule is O=C(NC(c1ccc(Cl)cc1)c1cccs1)c1cnns1. The molecule has 0 saturated carbocycles. The third kappa shape index (κ3) is 3.29. The third-order valence-electron chi connectivity index (χ3n) is 2.89. The second-order valence-corrected chi connectivity index (χ2v) is 6.46. The Kier molecular flexibility index (Phi) is 4.28. The lowest BCUT2D eigenvalue weighted by Gasteiger charge is -2.17. The highest BCUT2D eigenvalue weighted by Gasteiger charge is 2.19. The Morgan fingerprint density at radius 2 is 2.05 bits per heavy atom. The van der Waals surface area contributed by atoms with Crippen LogP contribution in [-0.2, 0) is 0 Å². The first-order valence-corrected chi connectivity index (χ1v) is 8.14. The summed E-state index contributed by atoms with van der Waals surface area (Å²) in [6.45, 7) is 0. The van der Waals surface area contributed by atoms with Crippen LogP contribution in [0.15, 0.2) is 48.0 Å². The van der Waals surface area contributed by atoms with Crippen LogP contribution in [0.5, 0.6) is 0 Å². The summed E-state index contributed by atoms with van der Waals surface area (Å²) in [5.74, 6) is -0.182. The number of nitrogens with zero attached hydrogens (tertiary/aromatic N) is 2. The molecule has 4 nitrogen and oxygen atoms in total. The molecule has 2 heterocycles. The summed E-state index contributed by atoms with van der Waals surface area (Å²) in [6, 6.07) is 11.2. The van der Waals surface area contributed by atoms with Gasteiger partial charge in [-0.05, 0) is 40.7 Å². The van der Waals surface area contributed by atoms with Crippen LogP contribution < -0.4 is 5.32 Å². The molecule has 2 aromatic heterocycles. The molecule has 3 rings (SSSR count). The fourth-order valence-electron chi connectivity index (χ4n) is 1.90. The first-order valence-electron chi connectivity index (χ1n) is 6.11. The lowest BCUT2D eigenvalue weighted by Crippen LogP contribution is -2.28. The van der Waals surface area contributed by atoms with Gasteiger partial charge in [0.2, 0.25) is 0 Å². The first kappa shape index (κ1) is 14.2. The molecule has 0 fully saturated rings. The topological polar surface area (TPSA) is 54.9 Å². The van der Waals surface area contributed by atoms with Gasteiger partial charge in [-0.25, -0.2) is 0 Å². The highest BCUT2D eigenvalue weighted by Crippen LogP contribution is 2.27. The van der Waals surface area contributed by atoms with E-state index in [9.17, 15) is 4.79 Å². The summed E-state index contributed by atoms with van der Waals surface area (Å²) in [5, 5.41) is 9.36. The van der Waals surface area contributed by atoms with Crippen LogP contribution >= 0.6 is 34.5 Å². The zero-order valence-corrected chi connectivity index (χ0v) is 13.1. The van der Waals surface area contributed by atoms with Gasteiger partial charge in [0.15, 0.2) is 0 Å². The largest absolute Gasteiger partial charge is 0.340 e. The van der Waals surface area contributed by atoms with Crippen LogP contribution in [0.25, 0.3) is 0 Å². The van der Waals surface area contributed by atoms with Gasteiger partial charge < -0.3 is 5.32 Å². The molecule has 1 unspecified atom stereocenters. The zero-order valence-electron chi connectivity index (χ0n) is 10.7. The minimum atomic E-state index is -0.211. The van der Waals surface area contributed by atoms with Gasteiger partial charge in [0.05, 0.1) is 12.2 Å². The van der Waals surface area contributed by atoms with E-state index >= 15 is 0 Å². The number of carbonyl (C=O) groups is 1. The van der Waals surface area contributed by atoms with E-state index in [0.29, 0.717) is 9.90 Å². The van der Waals surface area contributed by atoms with Crippen molar-refractivity contribution in [2.24, 2.45) is 0 Å². The van der Waals surface area contributed by atoms with Crippen molar-refractivity contribution in [3.05, 3.63) is 68.3 Å².